The lowest BCUT2D eigenvalue weighted by molar-refractivity contribution is -0.126. The Balaban J connectivity index is 0.970. The number of phenolic OH excluding ortho intramolecular Hbond substituents is 2. The zero-order chi connectivity index (χ0) is 36.9. The smallest absolute Gasteiger partial charge is 0.340 e. The first-order valence-corrected chi connectivity index (χ1v) is 18.8. The van der Waals surface area contributed by atoms with E-state index < -0.39 is 17.5 Å². The SMILES string of the molecule is C[C@]12CC[C@H]3C(C/C(=N\OCC(=O)NCc4c(O)ccc5c4Cc4cc(O)ccc4C54OC(=O)c5ccccc54)C4=CC(=O)CC[C@@]43C)[C@@H]1CC[C@@H]2O. The number of nitrogens with zero attached hydrogens (tertiary/aromatic N) is 1. The molecule has 1 aliphatic heterocycles. The number of allylic oxidation sites excluding steroid dienone is 1. The third kappa shape index (κ3) is 4.94. The molecule has 0 aromatic heterocycles. The summed E-state index contributed by atoms with van der Waals surface area (Å²) in [6, 6.07) is 15.5. The lowest BCUT2D eigenvalue weighted by atomic mass is 9.47. The fourth-order valence-corrected chi connectivity index (χ4v) is 11.3. The van der Waals surface area contributed by atoms with Gasteiger partial charge < -0.3 is 30.2 Å². The van der Waals surface area contributed by atoms with Crippen molar-refractivity contribution < 1.29 is 39.3 Å². The van der Waals surface area contributed by atoms with Gasteiger partial charge in [-0.05, 0) is 121 Å². The number of ether oxygens (including phenoxy) is 1. The van der Waals surface area contributed by atoms with Crippen LogP contribution in [0.15, 0.2) is 71.4 Å². The summed E-state index contributed by atoms with van der Waals surface area (Å²) in [5.74, 6) is 0.287. The van der Waals surface area contributed by atoms with Gasteiger partial charge in [0.2, 0.25) is 0 Å². The molecule has 53 heavy (non-hydrogen) atoms. The highest BCUT2D eigenvalue weighted by atomic mass is 16.6. The minimum Gasteiger partial charge on any atom is -0.508 e. The van der Waals surface area contributed by atoms with Gasteiger partial charge in [0.15, 0.2) is 18.0 Å². The van der Waals surface area contributed by atoms with E-state index in [4.69, 9.17) is 9.57 Å². The molecule has 3 fully saturated rings. The molecule has 1 heterocycles. The molecule has 6 aliphatic rings. The van der Waals surface area contributed by atoms with Gasteiger partial charge >= 0.3 is 5.97 Å². The zero-order valence-corrected chi connectivity index (χ0v) is 30.0. The maximum absolute atomic E-state index is 13.3. The van der Waals surface area contributed by atoms with E-state index in [-0.39, 0.29) is 47.4 Å². The Morgan fingerprint density at radius 2 is 1.79 bits per heavy atom. The molecule has 1 amide bonds. The van der Waals surface area contributed by atoms with Gasteiger partial charge in [0.25, 0.3) is 5.91 Å². The summed E-state index contributed by atoms with van der Waals surface area (Å²) in [5, 5.41) is 39.9. The fraction of sp³-hybridized carbons (Fsp3) is 0.442. The number of benzene rings is 3. The highest BCUT2D eigenvalue weighted by Gasteiger charge is 2.60. The minimum absolute atomic E-state index is 0.0250. The Labute approximate surface area is 307 Å². The number of esters is 1. The average Bonchev–Trinajstić information content (AvgIpc) is 3.61. The first-order chi connectivity index (χ1) is 25.4. The Morgan fingerprint density at radius 3 is 2.64 bits per heavy atom. The molecule has 0 radical (unpaired) electrons. The molecule has 5 aliphatic carbocycles. The van der Waals surface area contributed by atoms with Crippen LogP contribution in [0, 0.1) is 28.6 Å². The molecule has 10 nitrogen and oxygen atoms in total. The summed E-state index contributed by atoms with van der Waals surface area (Å²) < 4.78 is 6.24. The fourth-order valence-electron chi connectivity index (χ4n) is 11.3. The highest BCUT2D eigenvalue weighted by Crippen LogP contribution is 2.65. The number of aliphatic hydroxyl groups is 1. The number of hydrogen-bond donors (Lipinski definition) is 4. The minimum atomic E-state index is -1.29. The van der Waals surface area contributed by atoms with Crippen molar-refractivity contribution in [2.45, 2.75) is 83.5 Å². The van der Waals surface area contributed by atoms with Crippen molar-refractivity contribution in [3.05, 3.63) is 105 Å². The van der Waals surface area contributed by atoms with E-state index in [9.17, 15) is 29.7 Å². The summed E-state index contributed by atoms with van der Waals surface area (Å²) in [6.07, 6.45) is 7.43. The molecule has 2 unspecified atom stereocenters. The molecule has 4 N–H and O–H groups in total. The van der Waals surface area contributed by atoms with Gasteiger partial charge in [-0.25, -0.2) is 4.79 Å². The second-order valence-electron chi connectivity index (χ2n) is 16.5. The molecule has 3 saturated carbocycles. The number of carbonyl (C=O) groups is 3. The van der Waals surface area contributed by atoms with E-state index in [1.807, 2.05) is 12.1 Å². The molecule has 0 bridgehead atoms. The van der Waals surface area contributed by atoms with E-state index >= 15 is 0 Å². The van der Waals surface area contributed by atoms with Gasteiger partial charge in [0, 0.05) is 35.2 Å². The zero-order valence-electron chi connectivity index (χ0n) is 30.0. The van der Waals surface area contributed by atoms with Crippen molar-refractivity contribution in [3.8, 4) is 11.5 Å². The van der Waals surface area contributed by atoms with E-state index in [0.717, 1.165) is 48.8 Å². The summed E-state index contributed by atoms with van der Waals surface area (Å²) >= 11 is 0. The monoisotopic (exact) mass is 716 g/mol. The maximum Gasteiger partial charge on any atom is 0.340 e. The number of oxime groups is 1. The molecule has 0 saturated heterocycles. The van der Waals surface area contributed by atoms with E-state index in [1.165, 1.54) is 0 Å². The Bertz CT molecular complexity index is 2160. The second kappa shape index (κ2) is 12.0. The number of fused-ring (bicyclic) bond motifs is 11. The first kappa shape index (κ1) is 33.8. The average molecular weight is 717 g/mol. The predicted octanol–water partition coefficient (Wildman–Crippen LogP) is 5.96. The molecule has 9 rings (SSSR count). The van der Waals surface area contributed by atoms with Gasteiger partial charge in [0.1, 0.15) is 11.5 Å². The van der Waals surface area contributed by atoms with Gasteiger partial charge in [-0.3, -0.25) is 9.59 Å². The number of aromatic hydroxyl groups is 2. The summed E-state index contributed by atoms with van der Waals surface area (Å²) in [7, 11) is 0. The lowest BCUT2D eigenvalue weighted by Gasteiger charge is -2.57. The second-order valence-corrected chi connectivity index (χ2v) is 16.5. The van der Waals surface area contributed by atoms with E-state index in [1.54, 1.807) is 48.5 Å². The number of rotatable bonds is 5. The van der Waals surface area contributed by atoms with Crippen LogP contribution in [-0.2, 0) is 37.7 Å². The largest absolute Gasteiger partial charge is 0.508 e. The van der Waals surface area contributed by atoms with Crippen LogP contribution in [0.5, 0.6) is 11.5 Å². The van der Waals surface area contributed by atoms with E-state index in [0.29, 0.717) is 70.5 Å². The normalized spacial score (nSPS) is 32.8. The number of carbonyl (C=O) groups excluding carboxylic acids is 3. The van der Waals surface area contributed by atoms with Gasteiger partial charge in [-0.15, -0.1) is 0 Å². The topological polar surface area (TPSA) is 155 Å². The number of hydrogen-bond acceptors (Lipinski definition) is 9. The third-order valence-electron chi connectivity index (χ3n) is 14.0. The van der Waals surface area contributed by atoms with E-state index in [2.05, 4.69) is 24.3 Å². The van der Waals surface area contributed by atoms with Crippen molar-refractivity contribution >= 4 is 23.4 Å². The first-order valence-electron chi connectivity index (χ1n) is 18.8. The van der Waals surface area contributed by atoms with Crippen LogP contribution >= 0.6 is 0 Å². The van der Waals surface area contributed by atoms with Crippen LogP contribution in [0.4, 0.5) is 0 Å². The molecule has 274 valence electrons. The van der Waals surface area contributed by atoms with Crippen molar-refractivity contribution in [1.29, 1.82) is 0 Å². The lowest BCUT2D eigenvalue weighted by Crippen LogP contribution is -2.53. The number of aliphatic hydroxyl groups excluding tert-OH is 1. The molecule has 3 aromatic rings. The molecule has 3 aromatic carbocycles. The van der Waals surface area contributed by atoms with Crippen molar-refractivity contribution in [3.63, 3.8) is 0 Å². The molecular weight excluding hydrogens is 672 g/mol. The van der Waals surface area contributed by atoms with Gasteiger partial charge in [0.05, 0.1) is 17.4 Å². The van der Waals surface area contributed by atoms with Crippen LogP contribution in [0.3, 0.4) is 0 Å². The van der Waals surface area contributed by atoms with Crippen molar-refractivity contribution in [2.75, 3.05) is 6.61 Å². The van der Waals surface area contributed by atoms with Gasteiger partial charge in [-0.2, -0.15) is 0 Å². The standard InChI is InChI=1S/C43H44N2O8/c1-41-15-13-25(47)19-35(41)36(20-28-31-10-12-38(49)42(31,2)16-14-32(28)41)45-52-22-39(50)44-21-29-27-18-23-17-24(46)7-8-30(23)43(34(27)9-11-37(29)48)33-6-4-3-5-26(33)40(51)53-43/h3-9,11,17,19,28,31-32,38,46,48-49H,10,12-16,18,20-22H2,1-2H3,(H,44,50)/b45-36+/t28?,31-,32-,38-,41+,42-,43?/m0/s1. The summed E-state index contributed by atoms with van der Waals surface area (Å²) in [6.45, 7) is 4.08. The van der Waals surface area contributed by atoms with Crippen LogP contribution in [-0.4, -0.2) is 51.4 Å². The summed E-state index contributed by atoms with van der Waals surface area (Å²) in [5.41, 5.74) is 4.44. The van der Waals surface area contributed by atoms with Crippen molar-refractivity contribution in [1.82, 2.24) is 5.32 Å². The van der Waals surface area contributed by atoms with Crippen LogP contribution in [0.25, 0.3) is 0 Å². The maximum atomic E-state index is 13.3. The Hall–Kier alpha value is -4.96. The van der Waals surface area contributed by atoms with Crippen LogP contribution < -0.4 is 5.32 Å². The number of amides is 1. The number of ketones is 1. The third-order valence-corrected chi connectivity index (χ3v) is 14.0. The predicted molar refractivity (Wildman–Crippen MR) is 194 cm³/mol. The number of phenols is 2. The Kier molecular flexibility index (Phi) is 7.68. The Morgan fingerprint density at radius 1 is 0.981 bits per heavy atom. The number of nitrogens with one attached hydrogen (secondary N) is 1. The van der Waals surface area contributed by atoms with Crippen LogP contribution in [0.2, 0.25) is 0 Å². The molecule has 10 heteroatoms. The summed E-state index contributed by atoms with van der Waals surface area (Å²) in [4.78, 5) is 45.0. The van der Waals surface area contributed by atoms with Crippen LogP contribution in [0.1, 0.15) is 103 Å². The molecule has 7 atom stereocenters. The highest BCUT2D eigenvalue weighted by molar-refractivity contribution is 6.08. The molecular formula is C43H44N2O8. The van der Waals surface area contributed by atoms with Gasteiger partial charge in [-0.1, -0.05) is 49.3 Å². The van der Waals surface area contributed by atoms with Crippen molar-refractivity contribution in [2.24, 2.45) is 33.7 Å². The molecule has 1 spiro atoms. The quantitative estimate of drug-likeness (QED) is 0.187.